The lowest BCUT2D eigenvalue weighted by Crippen LogP contribution is -2.36. The smallest absolute Gasteiger partial charge is 0.273 e. The van der Waals surface area contributed by atoms with Crippen molar-refractivity contribution >= 4 is 17.5 Å². The molecule has 1 atom stereocenters. The van der Waals surface area contributed by atoms with E-state index in [1.807, 2.05) is 55.5 Å². The molecule has 0 saturated carbocycles. The fraction of sp³-hybridized carbons (Fsp3) is 0.333. The highest BCUT2D eigenvalue weighted by Crippen LogP contribution is 2.26. The number of carbonyl (C=O) groups excluding carboxylic acids is 1. The summed E-state index contributed by atoms with van der Waals surface area (Å²) in [5, 5.41) is 7.69. The molecule has 1 aromatic heterocycles. The summed E-state index contributed by atoms with van der Waals surface area (Å²) in [6, 6.07) is 17.1. The predicted molar refractivity (Wildman–Crippen MR) is 120 cm³/mol. The van der Waals surface area contributed by atoms with Crippen LogP contribution in [0.4, 0.5) is 0 Å². The number of amides is 1. The van der Waals surface area contributed by atoms with E-state index in [0.717, 1.165) is 30.0 Å². The van der Waals surface area contributed by atoms with Gasteiger partial charge in [-0.05, 0) is 74.8 Å². The first-order valence-electron chi connectivity index (χ1n) is 10.6. The lowest BCUT2D eigenvalue weighted by Gasteiger charge is -2.28. The van der Waals surface area contributed by atoms with E-state index in [4.69, 9.17) is 20.9 Å². The van der Waals surface area contributed by atoms with Crippen LogP contribution < -0.4 is 10.1 Å². The number of carbonyl (C=O) groups is 1. The number of hydrogen-bond donors (Lipinski definition) is 1. The third-order valence-corrected chi connectivity index (χ3v) is 5.74. The number of ether oxygens (including phenoxy) is 1. The van der Waals surface area contributed by atoms with Crippen molar-refractivity contribution in [3.05, 3.63) is 70.9 Å². The normalized spacial score (nSPS) is 15.0. The van der Waals surface area contributed by atoms with Crippen LogP contribution in [-0.4, -0.2) is 42.2 Å². The van der Waals surface area contributed by atoms with Gasteiger partial charge in [-0.1, -0.05) is 28.9 Å². The molecule has 1 aliphatic rings. The van der Waals surface area contributed by atoms with Gasteiger partial charge in [-0.3, -0.25) is 9.69 Å². The summed E-state index contributed by atoms with van der Waals surface area (Å²) in [5.41, 5.74) is 2.24. The van der Waals surface area contributed by atoms with Gasteiger partial charge in [0.25, 0.3) is 5.91 Å². The molecule has 162 valence electrons. The average Bonchev–Trinajstić information content (AvgIpc) is 3.48. The first-order chi connectivity index (χ1) is 15.1. The van der Waals surface area contributed by atoms with E-state index in [2.05, 4.69) is 15.4 Å². The van der Waals surface area contributed by atoms with Gasteiger partial charge in [0, 0.05) is 23.2 Å². The molecule has 3 aromatic rings. The summed E-state index contributed by atoms with van der Waals surface area (Å²) in [5.74, 6) is 1.08. The highest BCUT2D eigenvalue weighted by molar-refractivity contribution is 6.30. The summed E-state index contributed by atoms with van der Waals surface area (Å²) in [7, 11) is 0. The molecule has 0 spiro atoms. The minimum absolute atomic E-state index is 0.0983. The Bertz CT molecular complexity index is 996. The molecule has 31 heavy (non-hydrogen) atoms. The topological polar surface area (TPSA) is 67.6 Å². The summed E-state index contributed by atoms with van der Waals surface area (Å²) in [4.78, 5) is 15.1. The zero-order valence-corrected chi connectivity index (χ0v) is 18.3. The highest BCUT2D eigenvalue weighted by atomic mass is 35.5. The second-order valence-electron chi connectivity index (χ2n) is 7.55. The molecule has 0 aliphatic carbocycles. The fourth-order valence-electron chi connectivity index (χ4n) is 3.88. The van der Waals surface area contributed by atoms with Gasteiger partial charge in [0.15, 0.2) is 11.5 Å². The predicted octanol–water partition coefficient (Wildman–Crippen LogP) is 4.96. The van der Waals surface area contributed by atoms with Crippen molar-refractivity contribution in [2.45, 2.75) is 25.8 Å². The summed E-state index contributed by atoms with van der Waals surface area (Å²) in [6.07, 6.45) is 2.35. The third-order valence-electron chi connectivity index (χ3n) is 5.48. The highest BCUT2D eigenvalue weighted by Gasteiger charge is 2.24. The van der Waals surface area contributed by atoms with Crippen molar-refractivity contribution in [1.29, 1.82) is 0 Å². The number of nitrogens with zero attached hydrogens (tertiary/aromatic N) is 2. The molecule has 1 saturated heterocycles. The van der Waals surface area contributed by atoms with Crippen LogP contribution in [0.15, 0.2) is 59.1 Å². The zero-order valence-electron chi connectivity index (χ0n) is 17.5. The molecular formula is C24H26ClN3O3. The Morgan fingerprint density at radius 1 is 1.16 bits per heavy atom. The molecule has 0 bridgehead atoms. The Balaban J connectivity index is 1.42. The van der Waals surface area contributed by atoms with Gasteiger partial charge in [-0.2, -0.15) is 0 Å². The van der Waals surface area contributed by atoms with Crippen molar-refractivity contribution in [1.82, 2.24) is 15.4 Å². The van der Waals surface area contributed by atoms with Gasteiger partial charge in [0.1, 0.15) is 5.75 Å². The minimum Gasteiger partial charge on any atom is -0.494 e. The maximum atomic E-state index is 12.7. The van der Waals surface area contributed by atoms with Crippen molar-refractivity contribution in [3.8, 4) is 17.1 Å². The number of benzene rings is 2. The monoisotopic (exact) mass is 439 g/mol. The van der Waals surface area contributed by atoms with E-state index in [1.54, 1.807) is 6.07 Å². The molecule has 0 unspecified atom stereocenters. The van der Waals surface area contributed by atoms with Crippen LogP contribution in [0.5, 0.6) is 5.75 Å². The quantitative estimate of drug-likeness (QED) is 0.537. The molecule has 0 radical (unpaired) electrons. The van der Waals surface area contributed by atoms with Crippen LogP contribution in [0.1, 0.15) is 41.9 Å². The average molecular weight is 440 g/mol. The second-order valence-corrected chi connectivity index (χ2v) is 7.99. The maximum absolute atomic E-state index is 12.7. The van der Waals surface area contributed by atoms with E-state index in [1.165, 1.54) is 12.8 Å². The zero-order chi connectivity index (χ0) is 21.6. The van der Waals surface area contributed by atoms with Crippen molar-refractivity contribution in [2.24, 2.45) is 0 Å². The lowest BCUT2D eigenvalue weighted by molar-refractivity contribution is 0.0929. The van der Waals surface area contributed by atoms with Crippen LogP contribution in [0.2, 0.25) is 5.02 Å². The first kappa shape index (κ1) is 21.4. The molecule has 6 nitrogen and oxygen atoms in total. The molecule has 1 aliphatic heterocycles. The van der Waals surface area contributed by atoms with Crippen molar-refractivity contribution in [2.75, 3.05) is 26.2 Å². The Morgan fingerprint density at radius 2 is 1.87 bits per heavy atom. The summed E-state index contributed by atoms with van der Waals surface area (Å²) in [6.45, 7) is 5.09. The van der Waals surface area contributed by atoms with E-state index in [0.29, 0.717) is 23.9 Å². The molecule has 2 aromatic carbocycles. The number of rotatable bonds is 8. The van der Waals surface area contributed by atoms with Gasteiger partial charge in [-0.25, -0.2) is 0 Å². The number of likely N-dealkylation sites (tertiary alicyclic amines) is 1. The first-order valence-corrected chi connectivity index (χ1v) is 11.0. The van der Waals surface area contributed by atoms with Crippen LogP contribution in [-0.2, 0) is 0 Å². The van der Waals surface area contributed by atoms with E-state index in [-0.39, 0.29) is 17.6 Å². The molecule has 1 fully saturated rings. The lowest BCUT2D eigenvalue weighted by atomic mass is 10.1. The van der Waals surface area contributed by atoms with Crippen LogP contribution in [0, 0.1) is 0 Å². The Hall–Kier alpha value is -2.83. The molecule has 2 heterocycles. The Morgan fingerprint density at radius 3 is 2.55 bits per heavy atom. The van der Waals surface area contributed by atoms with Gasteiger partial charge in [0.2, 0.25) is 0 Å². The Kier molecular flexibility index (Phi) is 6.89. The second kappa shape index (κ2) is 9.98. The van der Waals surface area contributed by atoms with Crippen LogP contribution >= 0.6 is 11.6 Å². The minimum atomic E-state index is -0.251. The summed E-state index contributed by atoms with van der Waals surface area (Å²) >= 11 is 6.05. The van der Waals surface area contributed by atoms with Crippen molar-refractivity contribution < 1.29 is 14.1 Å². The number of nitrogens with one attached hydrogen (secondary N) is 1. The third kappa shape index (κ3) is 5.27. The largest absolute Gasteiger partial charge is 0.494 e. The molecule has 1 amide bonds. The van der Waals surface area contributed by atoms with Gasteiger partial charge in [-0.15, -0.1) is 0 Å². The fourth-order valence-corrected chi connectivity index (χ4v) is 4.00. The number of halogens is 1. The SMILES string of the molecule is CCOc1ccc(-c2cc(C(=O)NC[C@H](c3ccc(Cl)cc3)N3CCCC3)no2)cc1. The molecular weight excluding hydrogens is 414 g/mol. The standard InChI is InChI=1S/C24H26ClN3O3/c1-2-30-20-11-7-18(8-12-20)23-15-21(27-31-23)24(29)26-16-22(28-13-3-4-14-28)17-5-9-19(25)10-6-17/h5-12,15,22H,2-4,13-14,16H2,1H3,(H,26,29)/t22-/m1/s1. The van der Waals surface area contributed by atoms with E-state index < -0.39 is 0 Å². The molecule has 1 N–H and O–H groups in total. The van der Waals surface area contributed by atoms with Gasteiger partial charge in [0.05, 0.1) is 12.6 Å². The van der Waals surface area contributed by atoms with Crippen LogP contribution in [0.3, 0.4) is 0 Å². The number of hydrogen-bond acceptors (Lipinski definition) is 5. The maximum Gasteiger partial charge on any atom is 0.273 e. The van der Waals surface area contributed by atoms with Gasteiger partial charge < -0.3 is 14.6 Å². The van der Waals surface area contributed by atoms with Crippen LogP contribution in [0.25, 0.3) is 11.3 Å². The molecule has 7 heteroatoms. The number of aromatic nitrogens is 1. The van der Waals surface area contributed by atoms with E-state index >= 15 is 0 Å². The van der Waals surface area contributed by atoms with Gasteiger partial charge >= 0.3 is 0 Å². The summed E-state index contributed by atoms with van der Waals surface area (Å²) < 4.78 is 10.9. The van der Waals surface area contributed by atoms with E-state index in [9.17, 15) is 4.79 Å². The van der Waals surface area contributed by atoms with Crippen molar-refractivity contribution in [3.63, 3.8) is 0 Å². The molecule has 4 rings (SSSR count). The Labute approximate surface area is 187 Å².